The van der Waals surface area contributed by atoms with Gasteiger partial charge in [0.1, 0.15) is 24.3 Å². The Balaban J connectivity index is 0.000000441. The normalized spacial score (nSPS) is 12.9. The van der Waals surface area contributed by atoms with Gasteiger partial charge in [-0.25, -0.2) is 4.39 Å². The summed E-state index contributed by atoms with van der Waals surface area (Å²) < 4.78 is 14.2. The van der Waals surface area contributed by atoms with Crippen LogP contribution in [0.2, 0.25) is 5.02 Å². The van der Waals surface area contributed by atoms with Crippen molar-refractivity contribution in [3.8, 4) is 0 Å². The monoisotopic (exact) mass is 506 g/mol. The number of thiophene rings is 1. The van der Waals surface area contributed by atoms with E-state index in [0.29, 0.717) is 21.1 Å². The molecule has 1 saturated heterocycles. The lowest BCUT2D eigenvalue weighted by Gasteiger charge is -2.20. The van der Waals surface area contributed by atoms with E-state index in [4.69, 9.17) is 21.2 Å². The van der Waals surface area contributed by atoms with E-state index in [9.17, 15) is 9.18 Å². The summed E-state index contributed by atoms with van der Waals surface area (Å²) in [6.07, 6.45) is 4.28. The van der Waals surface area contributed by atoms with Crippen LogP contribution >= 0.6 is 22.9 Å². The van der Waals surface area contributed by atoms with Gasteiger partial charge in [0, 0.05) is 16.6 Å². The van der Waals surface area contributed by atoms with Gasteiger partial charge in [0.2, 0.25) is 0 Å². The van der Waals surface area contributed by atoms with Gasteiger partial charge < -0.3 is 19.8 Å². The van der Waals surface area contributed by atoms with Crippen molar-refractivity contribution in [2.75, 3.05) is 20.1 Å². The molecule has 0 radical (unpaired) electrons. The molecule has 1 fully saturated rings. The van der Waals surface area contributed by atoms with Crippen LogP contribution < -0.4 is 5.32 Å². The van der Waals surface area contributed by atoms with E-state index in [1.54, 1.807) is 6.92 Å². The Labute approximate surface area is 209 Å². The Morgan fingerprint density at radius 1 is 1.06 bits per heavy atom. The fourth-order valence-corrected chi connectivity index (χ4v) is 5.13. The number of hydrogen-bond donors (Lipinski definition) is 1. The number of piperidine rings is 1. The van der Waals surface area contributed by atoms with E-state index < -0.39 is 0 Å². The number of carbonyl (C=O) groups excluding carboxylic acids is 3. The number of nitrogens with zero attached hydrogens (tertiary/aromatic N) is 1. The van der Waals surface area contributed by atoms with Crippen LogP contribution in [-0.4, -0.2) is 44.5 Å². The molecule has 2 heterocycles. The molecule has 1 aromatic heterocycles. The van der Waals surface area contributed by atoms with Gasteiger partial charge in [-0.15, -0.1) is 11.3 Å². The number of likely N-dealkylation sites (tertiary alicyclic amines) is 1. The minimum Gasteiger partial charge on any atom is -0.347 e. The highest BCUT2D eigenvalue weighted by atomic mass is 35.5. The number of hydrogen-bond acceptors (Lipinski definition) is 5. The molecule has 3 aromatic rings. The van der Waals surface area contributed by atoms with Gasteiger partial charge in [0.25, 0.3) is 5.91 Å². The van der Waals surface area contributed by atoms with Gasteiger partial charge in [-0.05, 0) is 70.1 Å². The van der Waals surface area contributed by atoms with E-state index in [1.807, 2.05) is 44.8 Å². The molecule has 5 nitrogen and oxygen atoms in total. The molecule has 8 heteroatoms. The summed E-state index contributed by atoms with van der Waals surface area (Å²) in [5.41, 5.74) is 2.92. The highest BCUT2D eigenvalue weighted by Gasteiger charge is 2.19. The molecule has 184 valence electrons. The minimum absolute atomic E-state index is 0.239. The number of aryl methyl sites for hydroxylation is 2. The van der Waals surface area contributed by atoms with Crippen LogP contribution in [0.5, 0.6) is 0 Å². The smallest absolute Gasteiger partial charge is 0.263 e. The molecule has 1 N–H and O–H groups in total. The van der Waals surface area contributed by atoms with Crippen LogP contribution in [-0.2, 0) is 16.1 Å². The van der Waals surface area contributed by atoms with Crippen LogP contribution in [0.25, 0.3) is 10.1 Å². The topological polar surface area (TPSA) is 66.5 Å². The molecule has 0 spiro atoms. The second-order valence-electron chi connectivity index (χ2n) is 7.87. The van der Waals surface area contributed by atoms with Gasteiger partial charge in [-0.1, -0.05) is 47.9 Å². The van der Waals surface area contributed by atoms with Crippen molar-refractivity contribution in [3.05, 3.63) is 68.8 Å². The third-order valence-electron chi connectivity index (χ3n) is 5.25. The van der Waals surface area contributed by atoms with Gasteiger partial charge in [-0.3, -0.25) is 4.79 Å². The molecular formula is C26H32ClFN2O3S. The number of nitrogens with one attached hydrogen (secondary N) is 1. The third kappa shape index (κ3) is 8.63. The summed E-state index contributed by atoms with van der Waals surface area (Å²) in [6.45, 7) is 10.9. The summed E-state index contributed by atoms with van der Waals surface area (Å²) in [7, 11) is 2.19. The molecule has 1 aliphatic rings. The quantitative estimate of drug-likeness (QED) is 0.475. The fraction of sp³-hybridized carbons (Fsp3) is 0.346. The average molecular weight is 507 g/mol. The third-order valence-corrected chi connectivity index (χ3v) is 6.88. The van der Waals surface area contributed by atoms with Crippen molar-refractivity contribution in [3.63, 3.8) is 0 Å². The second-order valence-corrected chi connectivity index (χ2v) is 9.30. The number of amides is 1. The maximum Gasteiger partial charge on any atom is 0.263 e. The number of benzene rings is 2. The predicted octanol–water partition coefficient (Wildman–Crippen LogP) is 5.97. The van der Waals surface area contributed by atoms with Crippen LogP contribution in [0.4, 0.5) is 4.39 Å². The Hall–Kier alpha value is -2.61. The Kier molecular flexibility index (Phi) is 13.3. The first kappa shape index (κ1) is 29.4. The van der Waals surface area contributed by atoms with E-state index >= 15 is 0 Å². The first-order chi connectivity index (χ1) is 16.3. The van der Waals surface area contributed by atoms with Crippen LogP contribution in [0.3, 0.4) is 0 Å². The fourth-order valence-electron chi connectivity index (χ4n) is 3.51. The van der Waals surface area contributed by atoms with Crippen molar-refractivity contribution >= 4 is 52.5 Å². The van der Waals surface area contributed by atoms with Crippen LogP contribution in [0, 0.1) is 19.7 Å². The zero-order valence-corrected chi connectivity index (χ0v) is 21.5. The van der Waals surface area contributed by atoms with Crippen molar-refractivity contribution in [1.29, 1.82) is 0 Å². The molecule has 0 saturated carbocycles. The molecule has 1 amide bonds. The Morgan fingerprint density at radius 2 is 1.65 bits per heavy atom. The van der Waals surface area contributed by atoms with Crippen molar-refractivity contribution in [1.82, 2.24) is 10.2 Å². The van der Waals surface area contributed by atoms with Gasteiger partial charge >= 0.3 is 0 Å². The van der Waals surface area contributed by atoms with Gasteiger partial charge in [-0.2, -0.15) is 0 Å². The number of rotatable bonds is 3. The highest BCUT2D eigenvalue weighted by Crippen LogP contribution is 2.37. The zero-order chi connectivity index (χ0) is 25.7. The standard InChI is InChI=1S/C18H15ClFNOS.C6H13N.2CH2O/c1-10-3-5-12(6-4-10)9-21-18(22)17-16(19)15-11(2)7-13(20)8-14(15)23-17;1-7-5-3-2-4-6-7;2*1-2/h3-8H,9H2,1-2H3,(H,21,22);2-6H2,1H3;2*1H2. The molecular weight excluding hydrogens is 475 g/mol. The van der Waals surface area contributed by atoms with Crippen molar-refractivity contribution < 1.29 is 18.8 Å². The lowest BCUT2D eigenvalue weighted by atomic mass is 10.1. The molecule has 2 aromatic carbocycles. The first-order valence-corrected chi connectivity index (χ1v) is 12.0. The largest absolute Gasteiger partial charge is 0.347 e. The van der Waals surface area contributed by atoms with Crippen molar-refractivity contribution in [2.24, 2.45) is 0 Å². The highest BCUT2D eigenvalue weighted by molar-refractivity contribution is 7.21. The maximum absolute atomic E-state index is 13.5. The number of fused-ring (bicyclic) bond motifs is 1. The molecule has 0 unspecified atom stereocenters. The Morgan fingerprint density at radius 3 is 2.18 bits per heavy atom. The predicted molar refractivity (Wildman–Crippen MR) is 139 cm³/mol. The summed E-state index contributed by atoms with van der Waals surface area (Å²) >= 11 is 7.55. The average Bonchev–Trinajstić information content (AvgIpc) is 3.18. The van der Waals surface area contributed by atoms with E-state index in [0.717, 1.165) is 16.5 Å². The van der Waals surface area contributed by atoms with Gasteiger partial charge in [0.15, 0.2) is 0 Å². The first-order valence-electron chi connectivity index (χ1n) is 10.8. The van der Waals surface area contributed by atoms with Gasteiger partial charge in [0.05, 0.1) is 5.02 Å². The lowest BCUT2D eigenvalue weighted by molar-refractivity contribution is -0.0987. The summed E-state index contributed by atoms with van der Waals surface area (Å²) in [5.74, 6) is -0.559. The maximum atomic E-state index is 13.5. The molecule has 1 aliphatic heterocycles. The minimum atomic E-state index is -0.320. The van der Waals surface area contributed by atoms with Crippen LogP contribution in [0.15, 0.2) is 36.4 Å². The second kappa shape index (κ2) is 15.3. The number of carbonyl (C=O) groups is 3. The molecule has 0 bridgehead atoms. The van der Waals surface area contributed by atoms with E-state index in [1.165, 1.54) is 61.4 Å². The summed E-state index contributed by atoms with van der Waals surface area (Å²) in [4.78, 5) is 31.2. The zero-order valence-electron chi connectivity index (χ0n) is 20.0. The van der Waals surface area contributed by atoms with Crippen molar-refractivity contribution in [2.45, 2.75) is 39.7 Å². The summed E-state index contributed by atoms with van der Waals surface area (Å²) in [6, 6.07) is 10.8. The molecule has 0 aliphatic carbocycles. The lowest BCUT2D eigenvalue weighted by Crippen LogP contribution is -2.24. The SMILES string of the molecule is C=O.C=O.CN1CCCCC1.Cc1ccc(CNC(=O)c2sc3cc(F)cc(C)c3c2Cl)cc1. The Bertz CT molecular complexity index is 1050. The molecule has 0 atom stereocenters. The van der Waals surface area contributed by atoms with Crippen LogP contribution in [0.1, 0.15) is 45.6 Å². The van der Waals surface area contributed by atoms with E-state index in [-0.39, 0.29) is 11.7 Å². The summed E-state index contributed by atoms with van der Waals surface area (Å²) in [5, 5.41) is 4.01. The molecule has 34 heavy (non-hydrogen) atoms. The number of halogens is 2. The van der Waals surface area contributed by atoms with E-state index in [2.05, 4.69) is 17.3 Å². The molecule has 4 rings (SSSR count).